The van der Waals surface area contributed by atoms with Crippen molar-refractivity contribution in [2.75, 3.05) is 13.1 Å². The Morgan fingerprint density at radius 2 is 1.69 bits per heavy atom. The van der Waals surface area contributed by atoms with E-state index in [2.05, 4.69) is 16.8 Å². The molecule has 3 aromatic rings. The van der Waals surface area contributed by atoms with Crippen LogP contribution in [0.3, 0.4) is 0 Å². The van der Waals surface area contributed by atoms with Crippen LogP contribution in [0.25, 0.3) is 0 Å². The Balaban J connectivity index is 1.23. The van der Waals surface area contributed by atoms with E-state index >= 15 is 0 Å². The number of piperidine rings is 1. The molecule has 0 saturated carbocycles. The maximum Gasteiger partial charge on any atom is 0.254 e. The number of nitrogens with one attached hydrogen (secondary N) is 1. The number of rotatable bonds is 3. The largest absolute Gasteiger partial charge is 0.390 e. The average molecular weight is 487 g/mol. The van der Waals surface area contributed by atoms with Crippen LogP contribution in [-0.2, 0) is 18.3 Å². The van der Waals surface area contributed by atoms with Gasteiger partial charge in [-0.15, -0.1) is 11.3 Å². The number of hydrogen-bond donors (Lipinski definition) is 2. The van der Waals surface area contributed by atoms with Crippen LogP contribution in [0.5, 0.6) is 0 Å². The quantitative estimate of drug-likeness (QED) is 0.566. The van der Waals surface area contributed by atoms with Crippen molar-refractivity contribution in [1.82, 2.24) is 10.2 Å². The highest BCUT2D eigenvalue weighted by atomic mass is 32.1. The van der Waals surface area contributed by atoms with Crippen LogP contribution in [-0.4, -0.2) is 41.0 Å². The minimum Gasteiger partial charge on any atom is -0.390 e. The average Bonchev–Trinajstić information content (AvgIpc) is 3.44. The number of hydrogen-bond acceptors (Lipinski definition) is 4. The van der Waals surface area contributed by atoms with Gasteiger partial charge in [0.15, 0.2) is 0 Å². The molecule has 2 aromatic carbocycles. The zero-order valence-corrected chi connectivity index (χ0v) is 20.5. The summed E-state index contributed by atoms with van der Waals surface area (Å²) in [5.74, 6) is -0.0506. The van der Waals surface area contributed by atoms with Crippen molar-refractivity contribution in [2.45, 2.75) is 56.1 Å². The molecule has 2 heterocycles. The van der Waals surface area contributed by atoms with Crippen LogP contribution < -0.4 is 5.32 Å². The fourth-order valence-corrected chi connectivity index (χ4v) is 7.48. The van der Waals surface area contributed by atoms with E-state index in [4.69, 9.17) is 0 Å². The van der Waals surface area contributed by atoms with E-state index in [9.17, 15) is 14.7 Å². The molecule has 1 saturated heterocycles. The lowest BCUT2D eigenvalue weighted by Gasteiger charge is -2.43. The summed E-state index contributed by atoms with van der Waals surface area (Å²) in [6, 6.07) is 16.7. The van der Waals surface area contributed by atoms with E-state index in [1.807, 2.05) is 41.3 Å². The van der Waals surface area contributed by atoms with Gasteiger partial charge in [0.25, 0.3) is 11.8 Å². The van der Waals surface area contributed by atoms with Crippen LogP contribution in [0.1, 0.15) is 74.0 Å². The first-order chi connectivity index (χ1) is 17.1. The first kappa shape index (κ1) is 22.5. The van der Waals surface area contributed by atoms with Crippen molar-refractivity contribution >= 4 is 23.2 Å². The number of aryl methyl sites for hydroxylation is 1. The third kappa shape index (κ3) is 3.71. The van der Waals surface area contributed by atoms with Crippen molar-refractivity contribution in [3.63, 3.8) is 0 Å². The first-order valence-electron chi connectivity index (χ1n) is 12.6. The number of likely N-dealkylation sites (tertiary alicyclic amines) is 1. The summed E-state index contributed by atoms with van der Waals surface area (Å²) in [6.07, 6.45) is 5.10. The topological polar surface area (TPSA) is 69.6 Å². The SMILES string of the molecule is O=C(N[C@@H]1c2ccccc2C2(CCN(C(=O)c3csc4c3CCCC4)CC2)[C@H]1O)c1ccccc1. The summed E-state index contributed by atoms with van der Waals surface area (Å²) in [5.41, 5.74) is 4.36. The third-order valence-corrected chi connectivity index (χ3v) is 9.36. The molecule has 35 heavy (non-hydrogen) atoms. The van der Waals surface area contributed by atoms with Crippen molar-refractivity contribution < 1.29 is 14.7 Å². The number of benzene rings is 2. The molecule has 2 atom stereocenters. The predicted molar refractivity (Wildman–Crippen MR) is 137 cm³/mol. The minimum atomic E-state index is -0.737. The molecular formula is C29H30N2O3S. The molecule has 2 N–H and O–H groups in total. The monoisotopic (exact) mass is 486 g/mol. The number of fused-ring (bicyclic) bond motifs is 3. The van der Waals surface area contributed by atoms with Gasteiger partial charge in [0.05, 0.1) is 17.7 Å². The number of nitrogens with zero attached hydrogens (tertiary/aromatic N) is 1. The van der Waals surface area contributed by atoms with Gasteiger partial charge in [0.1, 0.15) is 0 Å². The van der Waals surface area contributed by atoms with Gasteiger partial charge < -0.3 is 15.3 Å². The molecule has 1 fully saturated rings. The van der Waals surface area contributed by atoms with Gasteiger partial charge in [-0.25, -0.2) is 0 Å². The molecule has 0 radical (unpaired) electrons. The summed E-state index contributed by atoms with van der Waals surface area (Å²) in [5, 5.41) is 16.8. The highest BCUT2D eigenvalue weighted by Crippen LogP contribution is 2.51. The summed E-state index contributed by atoms with van der Waals surface area (Å²) in [7, 11) is 0. The van der Waals surface area contributed by atoms with E-state index < -0.39 is 17.6 Å². The lowest BCUT2D eigenvalue weighted by molar-refractivity contribution is 0.0199. The fourth-order valence-electron chi connectivity index (χ4n) is 6.36. The third-order valence-electron chi connectivity index (χ3n) is 8.27. The second-order valence-electron chi connectivity index (χ2n) is 10.1. The molecule has 0 unspecified atom stereocenters. The molecule has 1 aromatic heterocycles. The zero-order chi connectivity index (χ0) is 24.0. The van der Waals surface area contributed by atoms with Gasteiger partial charge in [-0.3, -0.25) is 9.59 Å². The molecule has 1 aliphatic heterocycles. The summed E-state index contributed by atoms with van der Waals surface area (Å²) in [4.78, 5) is 29.7. The summed E-state index contributed by atoms with van der Waals surface area (Å²) in [6.45, 7) is 1.21. The maximum atomic E-state index is 13.4. The lowest BCUT2D eigenvalue weighted by Crippen LogP contribution is -2.51. The maximum absolute atomic E-state index is 13.4. The molecular weight excluding hydrogens is 456 g/mol. The Hall–Kier alpha value is -2.96. The standard InChI is InChI=1S/C29H30N2O3S/c32-26-25(30-27(33)19-8-2-1-3-9-19)21-11-4-6-12-23(21)29(26)14-16-31(17-15-29)28(34)22-18-35-24-13-7-5-10-20(22)24/h1-4,6,8-9,11-12,18,25-26,32H,5,7,10,13-17H2,(H,30,33)/t25-,26+/m1/s1. The molecule has 2 aliphatic carbocycles. The van der Waals surface area contributed by atoms with E-state index in [0.29, 0.717) is 31.5 Å². The van der Waals surface area contributed by atoms with Gasteiger partial charge in [-0.05, 0) is 67.3 Å². The van der Waals surface area contributed by atoms with Gasteiger partial charge >= 0.3 is 0 Å². The smallest absolute Gasteiger partial charge is 0.254 e. The van der Waals surface area contributed by atoms with Gasteiger partial charge in [-0.1, -0.05) is 42.5 Å². The van der Waals surface area contributed by atoms with E-state index in [1.165, 1.54) is 16.9 Å². The first-order valence-corrected chi connectivity index (χ1v) is 13.5. The summed E-state index contributed by atoms with van der Waals surface area (Å²) < 4.78 is 0. The molecule has 0 bridgehead atoms. The normalized spacial score (nSPS) is 22.5. The Morgan fingerprint density at radius 3 is 2.49 bits per heavy atom. The lowest BCUT2D eigenvalue weighted by atomic mass is 9.72. The molecule has 5 nitrogen and oxygen atoms in total. The Kier molecular flexibility index (Phi) is 5.73. The van der Waals surface area contributed by atoms with Crippen molar-refractivity contribution in [3.05, 3.63) is 92.7 Å². The number of carbonyl (C=O) groups excluding carboxylic acids is 2. The van der Waals surface area contributed by atoms with Crippen LogP contribution >= 0.6 is 11.3 Å². The van der Waals surface area contributed by atoms with E-state index in [-0.39, 0.29) is 11.8 Å². The van der Waals surface area contributed by atoms with Crippen molar-refractivity contribution in [2.24, 2.45) is 0 Å². The van der Waals surface area contributed by atoms with Gasteiger partial charge in [0.2, 0.25) is 0 Å². The molecule has 1 spiro atoms. The van der Waals surface area contributed by atoms with Crippen LogP contribution in [0, 0.1) is 0 Å². The van der Waals surface area contributed by atoms with E-state index in [1.54, 1.807) is 23.5 Å². The Morgan fingerprint density at radius 1 is 0.971 bits per heavy atom. The molecule has 3 aliphatic rings. The molecule has 6 rings (SSSR count). The fraction of sp³-hybridized carbons (Fsp3) is 0.379. The van der Waals surface area contributed by atoms with Crippen LogP contribution in [0.2, 0.25) is 0 Å². The van der Waals surface area contributed by atoms with Crippen LogP contribution in [0.4, 0.5) is 0 Å². The van der Waals surface area contributed by atoms with E-state index in [0.717, 1.165) is 36.0 Å². The van der Waals surface area contributed by atoms with Crippen molar-refractivity contribution in [3.8, 4) is 0 Å². The summed E-state index contributed by atoms with van der Waals surface area (Å²) >= 11 is 1.73. The molecule has 6 heteroatoms. The predicted octanol–water partition coefficient (Wildman–Crippen LogP) is 4.65. The second-order valence-corrected chi connectivity index (χ2v) is 11.0. The Bertz CT molecular complexity index is 1260. The minimum absolute atomic E-state index is 0.133. The number of aliphatic hydroxyl groups is 1. The number of thiophene rings is 1. The number of carbonyl (C=O) groups is 2. The van der Waals surface area contributed by atoms with Crippen LogP contribution in [0.15, 0.2) is 60.0 Å². The Labute approximate surface area is 209 Å². The molecule has 2 amide bonds. The van der Waals surface area contributed by atoms with Gasteiger partial charge in [0, 0.05) is 34.3 Å². The van der Waals surface area contributed by atoms with Crippen molar-refractivity contribution in [1.29, 1.82) is 0 Å². The number of amides is 2. The highest BCUT2D eigenvalue weighted by molar-refractivity contribution is 7.10. The zero-order valence-electron chi connectivity index (χ0n) is 19.7. The number of aliphatic hydroxyl groups excluding tert-OH is 1. The highest BCUT2D eigenvalue weighted by Gasteiger charge is 2.53. The molecule has 180 valence electrons. The van der Waals surface area contributed by atoms with Gasteiger partial charge in [-0.2, -0.15) is 0 Å². The second kappa shape index (κ2) is 8.92.